The minimum absolute atomic E-state index is 0. The molecule has 2 aromatic rings. The molecule has 0 radical (unpaired) electrons. The standard InChI is InChI=1S/C19H18F5NO2.ClH/c1-25-9-7-19(8-10-25,11-3-5-12(26-2)6-4-11)27-18-16(23)14(21)13(20)15(22)17(18)24;/h3-6H,7-10H2,1-2H3;1H. The Kier molecular flexibility index (Phi) is 6.77. The van der Waals surface area contributed by atoms with E-state index in [1.54, 1.807) is 24.3 Å². The summed E-state index contributed by atoms with van der Waals surface area (Å²) in [5, 5.41) is 0. The molecule has 0 saturated carbocycles. The van der Waals surface area contributed by atoms with Crippen LogP contribution in [0, 0.1) is 29.1 Å². The zero-order valence-corrected chi connectivity index (χ0v) is 16.0. The van der Waals surface area contributed by atoms with Crippen LogP contribution in [0.3, 0.4) is 0 Å². The Morgan fingerprint density at radius 1 is 0.821 bits per heavy atom. The molecule has 0 unspecified atom stereocenters. The van der Waals surface area contributed by atoms with Gasteiger partial charge in [0.25, 0.3) is 0 Å². The van der Waals surface area contributed by atoms with Gasteiger partial charge >= 0.3 is 0 Å². The Labute approximate surface area is 165 Å². The zero-order chi connectivity index (χ0) is 19.8. The first-order valence-electron chi connectivity index (χ1n) is 8.32. The van der Waals surface area contributed by atoms with E-state index in [0.29, 0.717) is 37.2 Å². The minimum atomic E-state index is -2.21. The molecule has 9 heteroatoms. The van der Waals surface area contributed by atoms with Crippen molar-refractivity contribution in [2.45, 2.75) is 18.4 Å². The van der Waals surface area contributed by atoms with Crippen molar-refractivity contribution in [3.63, 3.8) is 0 Å². The summed E-state index contributed by atoms with van der Waals surface area (Å²) in [6, 6.07) is 6.63. The molecule has 0 amide bonds. The van der Waals surface area contributed by atoms with Crippen LogP contribution >= 0.6 is 12.4 Å². The highest BCUT2D eigenvalue weighted by atomic mass is 35.5. The molecule has 2 aromatic carbocycles. The maximum Gasteiger partial charge on any atom is 0.207 e. The Balaban J connectivity index is 0.00000280. The van der Waals surface area contributed by atoms with Crippen LogP contribution in [0.1, 0.15) is 18.4 Å². The fraction of sp³-hybridized carbons (Fsp3) is 0.368. The maximum atomic E-state index is 14.2. The van der Waals surface area contributed by atoms with Crippen molar-refractivity contribution in [3.05, 3.63) is 58.9 Å². The van der Waals surface area contributed by atoms with E-state index in [9.17, 15) is 22.0 Å². The predicted octanol–water partition coefficient (Wildman–Crippen LogP) is 4.81. The van der Waals surface area contributed by atoms with Crippen molar-refractivity contribution >= 4 is 12.4 Å². The summed E-state index contributed by atoms with van der Waals surface area (Å²) < 4.78 is 79.5. The molecule has 0 aromatic heterocycles. The normalized spacial score (nSPS) is 16.4. The van der Waals surface area contributed by atoms with E-state index in [0.717, 1.165) is 0 Å². The summed E-state index contributed by atoms with van der Waals surface area (Å²) in [4.78, 5) is 1.99. The summed E-state index contributed by atoms with van der Waals surface area (Å²) in [6.07, 6.45) is 0.630. The van der Waals surface area contributed by atoms with Gasteiger partial charge in [-0.25, -0.2) is 13.2 Å². The van der Waals surface area contributed by atoms with Gasteiger partial charge in [-0.05, 0) is 24.7 Å². The van der Waals surface area contributed by atoms with Gasteiger partial charge in [0, 0.05) is 25.9 Å². The molecule has 154 valence electrons. The number of halogens is 6. The van der Waals surface area contributed by atoms with E-state index in [4.69, 9.17) is 9.47 Å². The first-order valence-corrected chi connectivity index (χ1v) is 8.32. The molecule has 0 atom stereocenters. The third kappa shape index (κ3) is 3.89. The van der Waals surface area contributed by atoms with Gasteiger partial charge in [0.15, 0.2) is 5.75 Å². The highest BCUT2D eigenvalue weighted by Crippen LogP contribution is 2.41. The summed E-state index contributed by atoms with van der Waals surface area (Å²) in [7, 11) is 3.36. The van der Waals surface area contributed by atoms with E-state index in [2.05, 4.69) is 0 Å². The minimum Gasteiger partial charge on any atom is -0.497 e. The average Bonchev–Trinajstić information content (AvgIpc) is 2.70. The van der Waals surface area contributed by atoms with Crippen LogP contribution in [-0.2, 0) is 5.60 Å². The number of hydrogen-bond donors (Lipinski definition) is 0. The summed E-state index contributed by atoms with van der Waals surface area (Å²) in [5.74, 6) is -10.9. The van der Waals surface area contributed by atoms with Crippen LogP contribution in [-0.4, -0.2) is 32.1 Å². The van der Waals surface area contributed by atoms with Gasteiger partial charge in [0.05, 0.1) is 7.11 Å². The topological polar surface area (TPSA) is 21.7 Å². The number of benzene rings is 2. The number of ether oxygens (including phenoxy) is 2. The average molecular weight is 424 g/mol. The molecule has 0 bridgehead atoms. The Morgan fingerprint density at radius 3 is 1.75 bits per heavy atom. The molecule has 1 aliphatic heterocycles. The zero-order valence-electron chi connectivity index (χ0n) is 15.2. The smallest absolute Gasteiger partial charge is 0.207 e. The Hall–Kier alpha value is -2.06. The quantitative estimate of drug-likeness (QED) is 0.400. The van der Waals surface area contributed by atoms with Crippen LogP contribution in [0.15, 0.2) is 24.3 Å². The molecular formula is C19H19ClF5NO2. The molecule has 1 heterocycles. The lowest BCUT2D eigenvalue weighted by atomic mass is 9.84. The van der Waals surface area contributed by atoms with Gasteiger partial charge in [-0.15, -0.1) is 12.4 Å². The van der Waals surface area contributed by atoms with Crippen molar-refractivity contribution in [1.29, 1.82) is 0 Å². The fourth-order valence-electron chi connectivity index (χ4n) is 3.19. The van der Waals surface area contributed by atoms with E-state index in [1.807, 2.05) is 11.9 Å². The van der Waals surface area contributed by atoms with Crippen molar-refractivity contribution < 1.29 is 31.4 Å². The number of hydrogen-bond acceptors (Lipinski definition) is 3. The van der Waals surface area contributed by atoms with E-state index >= 15 is 0 Å². The van der Waals surface area contributed by atoms with Gasteiger partial charge in [0.1, 0.15) is 11.4 Å². The van der Waals surface area contributed by atoms with Gasteiger partial charge < -0.3 is 14.4 Å². The lowest BCUT2D eigenvalue weighted by molar-refractivity contribution is -0.00384. The highest BCUT2D eigenvalue weighted by Gasteiger charge is 2.40. The van der Waals surface area contributed by atoms with Crippen LogP contribution < -0.4 is 9.47 Å². The second-order valence-electron chi connectivity index (χ2n) is 6.53. The molecular weight excluding hydrogens is 405 g/mol. The monoisotopic (exact) mass is 423 g/mol. The highest BCUT2D eigenvalue weighted by molar-refractivity contribution is 5.85. The molecule has 28 heavy (non-hydrogen) atoms. The molecule has 0 N–H and O–H groups in total. The summed E-state index contributed by atoms with van der Waals surface area (Å²) >= 11 is 0. The van der Waals surface area contributed by atoms with E-state index < -0.39 is 40.4 Å². The molecule has 0 aliphatic carbocycles. The number of methoxy groups -OCH3 is 1. The van der Waals surface area contributed by atoms with Crippen molar-refractivity contribution in [2.75, 3.05) is 27.2 Å². The predicted molar refractivity (Wildman–Crippen MR) is 95.5 cm³/mol. The third-order valence-corrected chi connectivity index (χ3v) is 4.88. The molecule has 3 nitrogen and oxygen atoms in total. The van der Waals surface area contributed by atoms with Crippen molar-refractivity contribution in [1.82, 2.24) is 4.90 Å². The van der Waals surface area contributed by atoms with Gasteiger partial charge in [-0.1, -0.05) is 12.1 Å². The van der Waals surface area contributed by atoms with Crippen molar-refractivity contribution in [3.8, 4) is 11.5 Å². The molecule has 1 fully saturated rings. The largest absolute Gasteiger partial charge is 0.497 e. The lowest BCUT2D eigenvalue weighted by Gasteiger charge is -2.41. The van der Waals surface area contributed by atoms with E-state index in [1.165, 1.54) is 7.11 Å². The summed E-state index contributed by atoms with van der Waals surface area (Å²) in [5.41, 5.74) is -0.655. The van der Waals surface area contributed by atoms with Gasteiger partial charge in [-0.2, -0.15) is 8.78 Å². The van der Waals surface area contributed by atoms with Gasteiger partial charge in [0.2, 0.25) is 29.1 Å². The van der Waals surface area contributed by atoms with Crippen LogP contribution in [0.4, 0.5) is 22.0 Å². The van der Waals surface area contributed by atoms with Crippen molar-refractivity contribution in [2.24, 2.45) is 0 Å². The first kappa shape index (κ1) is 22.2. The SMILES string of the molecule is COc1ccc(C2(Oc3c(F)c(F)c(F)c(F)c3F)CCN(C)CC2)cc1.Cl. The molecule has 0 spiro atoms. The van der Waals surface area contributed by atoms with Crippen LogP contribution in [0.25, 0.3) is 0 Å². The second-order valence-corrected chi connectivity index (χ2v) is 6.53. The van der Waals surface area contributed by atoms with Crippen LogP contribution in [0.5, 0.6) is 11.5 Å². The summed E-state index contributed by atoms with van der Waals surface area (Å²) in [6.45, 7) is 1.06. The number of nitrogens with zero attached hydrogens (tertiary/aromatic N) is 1. The number of piperidine rings is 1. The third-order valence-electron chi connectivity index (χ3n) is 4.88. The van der Waals surface area contributed by atoms with Gasteiger partial charge in [-0.3, -0.25) is 0 Å². The number of rotatable bonds is 4. The second kappa shape index (κ2) is 8.53. The lowest BCUT2D eigenvalue weighted by Crippen LogP contribution is -2.45. The molecule has 1 saturated heterocycles. The fourth-order valence-corrected chi connectivity index (χ4v) is 3.19. The molecule has 1 aliphatic rings. The first-order chi connectivity index (χ1) is 12.8. The number of likely N-dealkylation sites (tertiary alicyclic amines) is 1. The van der Waals surface area contributed by atoms with Crippen LogP contribution in [0.2, 0.25) is 0 Å². The Morgan fingerprint density at radius 2 is 1.29 bits per heavy atom. The Bertz CT molecular complexity index is 810. The maximum absolute atomic E-state index is 14.2. The van der Waals surface area contributed by atoms with E-state index in [-0.39, 0.29) is 12.4 Å². The molecule has 3 rings (SSSR count).